The first-order chi connectivity index (χ1) is 7.61. The van der Waals surface area contributed by atoms with Gasteiger partial charge in [-0.15, -0.1) is 0 Å². The van der Waals surface area contributed by atoms with E-state index in [1.807, 2.05) is 0 Å². The minimum absolute atomic E-state index is 0.277. The third-order valence-corrected chi connectivity index (χ3v) is 3.98. The van der Waals surface area contributed by atoms with Gasteiger partial charge in [-0.25, -0.2) is 0 Å². The number of hydrogen-bond donors (Lipinski definition) is 4. The summed E-state index contributed by atoms with van der Waals surface area (Å²) in [4.78, 5) is 0.836. The van der Waals surface area contributed by atoms with Crippen LogP contribution in [0.1, 0.15) is 0 Å². The highest BCUT2D eigenvalue weighted by Crippen LogP contribution is 2.09. The molecule has 9 nitrogen and oxygen atoms in total. The average molecular weight is 293 g/mol. The number of aliphatic hydroxyl groups is 2. The van der Waals surface area contributed by atoms with Gasteiger partial charge in [-0.05, 0) is 0 Å². The molecule has 1 unspecified atom stereocenters. The minimum atomic E-state index is -4.78. The molecule has 0 spiro atoms. The van der Waals surface area contributed by atoms with Gasteiger partial charge in [0.05, 0.1) is 13.2 Å². The third-order valence-electron chi connectivity index (χ3n) is 1.88. The van der Waals surface area contributed by atoms with Crippen molar-refractivity contribution in [3.8, 4) is 0 Å². The Morgan fingerprint density at radius 1 is 0.941 bits per heavy atom. The van der Waals surface area contributed by atoms with Gasteiger partial charge in [-0.3, -0.25) is 14.0 Å². The predicted octanol–water partition coefficient (Wildman–Crippen LogP) is -2.63. The molecule has 0 rings (SSSR count). The first-order valence-electron chi connectivity index (χ1n) is 4.49. The van der Waals surface area contributed by atoms with E-state index in [-0.39, 0.29) is 13.1 Å². The first-order valence-corrected chi connectivity index (χ1v) is 7.60. The molecule has 0 fully saturated rings. The van der Waals surface area contributed by atoms with Crippen molar-refractivity contribution in [1.82, 2.24) is 4.90 Å². The summed E-state index contributed by atoms with van der Waals surface area (Å²) in [5.41, 5.74) is 0. The molecule has 0 aliphatic rings. The van der Waals surface area contributed by atoms with Crippen LogP contribution in [-0.4, -0.2) is 78.5 Å². The maximum absolute atomic E-state index is 11.0. The van der Waals surface area contributed by atoms with Gasteiger partial charge >= 0.3 is 0 Å². The summed E-state index contributed by atoms with van der Waals surface area (Å²) in [5.74, 6) is -1.24. The van der Waals surface area contributed by atoms with Crippen LogP contribution in [0.25, 0.3) is 0 Å². The topological polar surface area (TPSA) is 152 Å². The Morgan fingerprint density at radius 3 is 1.59 bits per heavy atom. The summed E-state index contributed by atoms with van der Waals surface area (Å²) in [6.45, 7) is -1.56. The van der Waals surface area contributed by atoms with E-state index in [1.54, 1.807) is 0 Å². The molecular formula is C6H15NO8S2. The highest BCUT2D eigenvalue weighted by atomic mass is 32.2. The third kappa shape index (κ3) is 6.88. The highest BCUT2D eigenvalue weighted by Gasteiger charge is 2.33. The minimum Gasteiger partial charge on any atom is -0.395 e. The zero-order valence-electron chi connectivity index (χ0n) is 8.80. The van der Waals surface area contributed by atoms with E-state index in [0.717, 1.165) is 4.90 Å². The van der Waals surface area contributed by atoms with Crippen LogP contribution in [-0.2, 0) is 20.2 Å². The van der Waals surface area contributed by atoms with E-state index in [9.17, 15) is 16.8 Å². The second-order valence-corrected chi connectivity index (χ2v) is 6.27. The van der Waals surface area contributed by atoms with Crippen LogP contribution in [0.15, 0.2) is 0 Å². The van der Waals surface area contributed by atoms with Gasteiger partial charge in [0.25, 0.3) is 20.2 Å². The fraction of sp³-hybridized carbons (Fsp3) is 1.00. The number of nitrogens with zero attached hydrogens (tertiary/aromatic N) is 1. The second-order valence-electron chi connectivity index (χ2n) is 3.20. The van der Waals surface area contributed by atoms with Crippen LogP contribution in [0, 0.1) is 0 Å². The van der Waals surface area contributed by atoms with Crippen molar-refractivity contribution in [2.75, 3.05) is 32.1 Å². The van der Waals surface area contributed by atoms with Crippen LogP contribution in [0.3, 0.4) is 0 Å². The van der Waals surface area contributed by atoms with Crippen LogP contribution in [0.5, 0.6) is 0 Å². The predicted molar refractivity (Wildman–Crippen MR) is 57.5 cm³/mol. The van der Waals surface area contributed by atoms with Crippen LogP contribution >= 0.6 is 0 Å². The summed E-state index contributed by atoms with van der Waals surface area (Å²) >= 11 is 0. The molecule has 0 bridgehead atoms. The Bertz CT molecular complexity index is 409. The van der Waals surface area contributed by atoms with E-state index >= 15 is 0 Å². The molecule has 0 saturated heterocycles. The fourth-order valence-corrected chi connectivity index (χ4v) is 3.58. The largest absolute Gasteiger partial charge is 0.395 e. The molecule has 11 heteroatoms. The molecule has 0 aliphatic heterocycles. The molecule has 104 valence electrons. The Hall–Kier alpha value is -0.300. The van der Waals surface area contributed by atoms with Gasteiger partial charge in [0, 0.05) is 13.1 Å². The quantitative estimate of drug-likeness (QED) is 0.352. The van der Waals surface area contributed by atoms with Gasteiger partial charge in [0.1, 0.15) is 5.75 Å². The summed E-state index contributed by atoms with van der Waals surface area (Å²) in [6, 6.07) is 0. The summed E-state index contributed by atoms with van der Waals surface area (Å²) < 4.78 is 60.6. The smallest absolute Gasteiger partial charge is 0.282 e. The summed E-state index contributed by atoms with van der Waals surface area (Å²) in [5, 5.41) is 15.4. The van der Waals surface area contributed by atoms with Crippen molar-refractivity contribution >= 4 is 20.2 Å². The maximum Gasteiger partial charge on any atom is 0.282 e. The normalized spacial score (nSPS) is 15.1. The Kier molecular flexibility index (Phi) is 6.47. The molecule has 0 radical (unpaired) electrons. The number of aliphatic hydroxyl groups excluding tert-OH is 2. The fourth-order valence-electron chi connectivity index (χ4n) is 1.22. The van der Waals surface area contributed by atoms with Crippen molar-refractivity contribution in [3.63, 3.8) is 0 Å². The van der Waals surface area contributed by atoms with Gasteiger partial charge in [0.15, 0.2) is 5.37 Å². The Balaban J connectivity index is 5.13. The molecule has 0 amide bonds. The van der Waals surface area contributed by atoms with Crippen molar-refractivity contribution in [3.05, 3.63) is 0 Å². The molecule has 1 atom stereocenters. The van der Waals surface area contributed by atoms with Crippen molar-refractivity contribution in [2.24, 2.45) is 0 Å². The monoisotopic (exact) mass is 293 g/mol. The second kappa shape index (κ2) is 6.58. The van der Waals surface area contributed by atoms with E-state index in [1.165, 1.54) is 0 Å². The van der Waals surface area contributed by atoms with Crippen molar-refractivity contribution in [2.45, 2.75) is 5.37 Å². The summed E-state index contributed by atoms with van der Waals surface area (Å²) in [6.07, 6.45) is 0. The molecule has 0 aromatic heterocycles. The lowest BCUT2D eigenvalue weighted by molar-refractivity contribution is 0.150. The van der Waals surface area contributed by atoms with E-state index < -0.39 is 44.6 Å². The molecule has 17 heavy (non-hydrogen) atoms. The number of hydrogen-bond acceptors (Lipinski definition) is 7. The van der Waals surface area contributed by atoms with Gasteiger partial charge in [-0.1, -0.05) is 0 Å². The zero-order chi connectivity index (χ0) is 13.7. The molecule has 0 aromatic carbocycles. The van der Waals surface area contributed by atoms with Crippen molar-refractivity contribution in [1.29, 1.82) is 0 Å². The van der Waals surface area contributed by atoms with E-state index in [0.29, 0.717) is 0 Å². The van der Waals surface area contributed by atoms with Gasteiger partial charge in [0.2, 0.25) is 0 Å². The molecule has 0 aromatic rings. The van der Waals surface area contributed by atoms with Crippen molar-refractivity contribution < 1.29 is 36.2 Å². The lowest BCUT2D eigenvalue weighted by Crippen LogP contribution is -2.47. The van der Waals surface area contributed by atoms with E-state index in [2.05, 4.69) is 0 Å². The van der Waals surface area contributed by atoms with Crippen LogP contribution in [0.4, 0.5) is 0 Å². The maximum atomic E-state index is 11.0. The van der Waals surface area contributed by atoms with Crippen LogP contribution < -0.4 is 0 Å². The average Bonchev–Trinajstić information content (AvgIpc) is 2.11. The first kappa shape index (κ1) is 16.7. The molecule has 4 N–H and O–H groups in total. The van der Waals surface area contributed by atoms with Crippen LogP contribution in [0.2, 0.25) is 0 Å². The summed E-state index contributed by atoms with van der Waals surface area (Å²) in [7, 11) is -9.41. The lowest BCUT2D eigenvalue weighted by Gasteiger charge is -2.27. The number of rotatable bonds is 8. The molecule has 0 heterocycles. The zero-order valence-corrected chi connectivity index (χ0v) is 10.4. The van der Waals surface area contributed by atoms with Gasteiger partial charge < -0.3 is 10.2 Å². The Morgan fingerprint density at radius 2 is 1.35 bits per heavy atom. The molecule has 0 saturated carbocycles. The molecular weight excluding hydrogens is 278 g/mol. The SMILES string of the molecule is O=S(=O)(O)CC(N(CCO)CCO)S(=O)(=O)O. The highest BCUT2D eigenvalue weighted by molar-refractivity contribution is 7.90. The molecule has 0 aliphatic carbocycles. The standard InChI is InChI=1S/C6H15NO8S2/c8-3-1-7(2-4-9)6(17(13,14)15)5-16(10,11)12/h6,8-9H,1-5H2,(H,10,11,12)(H,13,14,15). The Labute approximate surface area is 99.2 Å². The van der Waals surface area contributed by atoms with Gasteiger partial charge in [-0.2, -0.15) is 16.8 Å². The lowest BCUT2D eigenvalue weighted by atomic mass is 10.5. The van der Waals surface area contributed by atoms with E-state index in [4.69, 9.17) is 19.3 Å².